The van der Waals surface area contributed by atoms with Crippen molar-refractivity contribution >= 4 is 17.4 Å². The molecule has 2 aliphatic heterocycles. The highest BCUT2D eigenvalue weighted by molar-refractivity contribution is 5.95. The number of piperidine rings is 1. The molecule has 2 aromatic rings. The van der Waals surface area contributed by atoms with Gasteiger partial charge in [0.25, 0.3) is 11.5 Å². The second-order valence-electron chi connectivity index (χ2n) is 5.75. The van der Waals surface area contributed by atoms with Gasteiger partial charge in [0.2, 0.25) is 0 Å². The van der Waals surface area contributed by atoms with Crippen LogP contribution in [0.4, 0.5) is 11.5 Å². The normalized spacial score (nSPS) is 22.7. The third-order valence-corrected chi connectivity index (χ3v) is 4.28. The summed E-state index contributed by atoms with van der Waals surface area (Å²) in [4.78, 5) is 33.2. The number of anilines is 2. The van der Waals surface area contributed by atoms with Crippen LogP contribution in [0.25, 0.3) is 0 Å². The largest absolute Gasteiger partial charge is 0.334 e. The Kier molecular flexibility index (Phi) is 3.12. The molecule has 2 aromatic heterocycles. The van der Waals surface area contributed by atoms with Crippen molar-refractivity contribution in [3.05, 3.63) is 46.8 Å². The first-order valence-electron chi connectivity index (χ1n) is 7.52. The fourth-order valence-corrected chi connectivity index (χ4v) is 3.26. The summed E-state index contributed by atoms with van der Waals surface area (Å²) in [7, 11) is 0. The molecule has 0 aliphatic carbocycles. The Bertz CT molecular complexity index is 810. The van der Waals surface area contributed by atoms with Crippen LogP contribution in [0.15, 0.2) is 35.5 Å². The number of pyridine rings is 1. The smallest absolute Gasteiger partial charge is 0.276 e. The van der Waals surface area contributed by atoms with Gasteiger partial charge in [-0.1, -0.05) is 0 Å². The molecule has 1 atom stereocenters. The highest BCUT2D eigenvalue weighted by Gasteiger charge is 2.44. The number of aromatic nitrogens is 3. The van der Waals surface area contributed by atoms with Crippen LogP contribution in [0.1, 0.15) is 23.3 Å². The van der Waals surface area contributed by atoms with E-state index < -0.39 is 5.66 Å². The first-order valence-corrected chi connectivity index (χ1v) is 7.52. The standard InChI is InChI=1S/C15H16N6O2/c22-13-11-3-2-10(19-12-8-16-6-7-18-12)14(23)21(11)15(20-13)4-1-5-17-9-15/h2-3,6-8,17H,1,4-5,9H2,(H,18,19)(H,20,22). The topological polar surface area (TPSA) is 101 Å². The van der Waals surface area contributed by atoms with Crippen molar-refractivity contribution in [2.45, 2.75) is 18.5 Å². The van der Waals surface area contributed by atoms with Crippen LogP contribution < -0.4 is 21.5 Å². The van der Waals surface area contributed by atoms with Gasteiger partial charge in [0.05, 0.1) is 6.20 Å². The third-order valence-electron chi connectivity index (χ3n) is 4.28. The van der Waals surface area contributed by atoms with Crippen LogP contribution in [-0.2, 0) is 5.66 Å². The Morgan fingerprint density at radius 2 is 2.17 bits per heavy atom. The molecular formula is C15H16N6O2. The van der Waals surface area contributed by atoms with E-state index in [2.05, 4.69) is 25.9 Å². The van der Waals surface area contributed by atoms with Crippen LogP contribution in [-0.4, -0.2) is 33.5 Å². The lowest BCUT2D eigenvalue weighted by atomic mass is 10.00. The molecule has 4 heterocycles. The molecule has 8 heteroatoms. The van der Waals surface area contributed by atoms with E-state index in [0.29, 0.717) is 23.7 Å². The van der Waals surface area contributed by atoms with Gasteiger partial charge in [-0.05, 0) is 31.5 Å². The van der Waals surface area contributed by atoms with Crippen LogP contribution >= 0.6 is 0 Å². The molecule has 3 N–H and O–H groups in total. The minimum absolute atomic E-state index is 0.211. The first-order chi connectivity index (χ1) is 11.2. The van der Waals surface area contributed by atoms with Crippen LogP contribution in [0, 0.1) is 0 Å². The average molecular weight is 312 g/mol. The van der Waals surface area contributed by atoms with Gasteiger partial charge in [0, 0.05) is 18.9 Å². The van der Waals surface area contributed by atoms with Gasteiger partial charge in [0.15, 0.2) is 0 Å². The van der Waals surface area contributed by atoms with Gasteiger partial charge in [0.1, 0.15) is 22.9 Å². The molecule has 1 amide bonds. The molecular weight excluding hydrogens is 296 g/mol. The molecule has 118 valence electrons. The van der Waals surface area contributed by atoms with Crippen molar-refractivity contribution in [3.63, 3.8) is 0 Å². The highest BCUT2D eigenvalue weighted by Crippen LogP contribution is 2.28. The van der Waals surface area contributed by atoms with Crippen molar-refractivity contribution in [1.29, 1.82) is 0 Å². The maximum atomic E-state index is 12.9. The monoisotopic (exact) mass is 312 g/mol. The van der Waals surface area contributed by atoms with E-state index >= 15 is 0 Å². The minimum Gasteiger partial charge on any atom is -0.334 e. The van der Waals surface area contributed by atoms with Crippen LogP contribution in [0.5, 0.6) is 0 Å². The second kappa shape index (κ2) is 5.17. The summed E-state index contributed by atoms with van der Waals surface area (Å²) >= 11 is 0. The molecule has 0 aromatic carbocycles. The number of nitrogens with zero attached hydrogens (tertiary/aromatic N) is 3. The van der Waals surface area contributed by atoms with Gasteiger partial charge < -0.3 is 16.0 Å². The number of carbonyl (C=O) groups is 1. The summed E-state index contributed by atoms with van der Waals surface area (Å²) in [5.41, 5.74) is -0.156. The summed E-state index contributed by atoms with van der Waals surface area (Å²) in [5, 5.41) is 9.20. The summed E-state index contributed by atoms with van der Waals surface area (Å²) < 4.78 is 1.57. The molecule has 0 radical (unpaired) electrons. The molecule has 1 unspecified atom stereocenters. The lowest BCUT2D eigenvalue weighted by Crippen LogP contribution is -2.56. The van der Waals surface area contributed by atoms with Gasteiger partial charge in [-0.25, -0.2) is 4.98 Å². The first kappa shape index (κ1) is 13.9. The van der Waals surface area contributed by atoms with E-state index in [1.165, 1.54) is 0 Å². The van der Waals surface area contributed by atoms with E-state index in [4.69, 9.17) is 0 Å². The number of nitrogens with one attached hydrogen (secondary N) is 3. The van der Waals surface area contributed by atoms with E-state index in [-0.39, 0.29) is 11.5 Å². The number of rotatable bonds is 2. The Morgan fingerprint density at radius 3 is 2.91 bits per heavy atom. The molecule has 4 rings (SSSR count). The van der Waals surface area contributed by atoms with Gasteiger partial charge in [-0.15, -0.1) is 0 Å². The fourth-order valence-electron chi connectivity index (χ4n) is 3.26. The lowest BCUT2D eigenvalue weighted by Gasteiger charge is -2.35. The van der Waals surface area contributed by atoms with Gasteiger partial charge in [-0.2, -0.15) is 0 Å². The van der Waals surface area contributed by atoms with Gasteiger partial charge in [-0.3, -0.25) is 19.1 Å². The van der Waals surface area contributed by atoms with E-state index in [1.54, 1.807) is 35.3 Å². The Balaban J connectivity index is 1.80. The molecule has 2 aliphatic rings. The van der Waals surface area contributed by atoms with Crippen molar-refractivity contribution in [1.82, 2.24) is 25.2 Å². The van der Waals surface area contributed by atoms with Crippen molar-refractivity contribution in [2.75, 3.05) is 18.4 Å². The molecule has 1 fully saturated rings. The number of fused-ring (bicyclic) bond motifs is 2. The Labute approximate surface area is 132 Å². The zero-order chi connectivity index (χ0) is 15.9. The molecule has 0 saturated carbocycles. The molecule has 1 spiro atoms. The fraction of sp³-hybridized carbons (Fsp3) is 0.333. The SMILES string of the molecule is O=C1NC2(CCCNC2)n2c1ccc(Nc1cnccn1)c2=O. The average Bonchev–Trinajstić information content (AvgIpc) is 2.84. The van der Waals surface area contributed by atoms with E-state index in [1.807, 2.05) is 0 Å². The Hall–Kier alpha value is -2.74. The summed E-state index contributed by atoms with van der Waals surface area (Å²) in [6.07, 6.45) is 6.27. The highest BCUT2D eigenvalue weighted by atomic mass is 16.2. The molecule has 0 bridgehead atoms. The van der Waals surface area contributed by atoms with Crippen molar-refractivity contribution in [3.8, 4) is 0 Å². The molecule has 23 heavy (non-hydrogen) atoms. The quantitative estimate of drug-likeness (QED) is 0.730. The van der Waals surface area contributed by atoms with Gasteiger partial charge >= 0.3 is 0 Å². The predicted octanol–water partition coefficient (Wildman–Crippen LogP) is 0.161. The van der Waals surface area contributed by atoms with E-state index in [0.717, 1.165) is 19.4 Å². The minimum atomic E-state index is -0.679. The number of amides is 1. The lowest BCUT2D eigenvalue weighted by molar-refractivity contribution is 0.0892. The van der Waals surface area contributed by atoms with Crippen LogP contribution in [0.2, 0.25) is 0 Å². The summed E-state index contributed by atoms with van der Waals surface area (Å²) in [6.45, 7) is 1.43. The van der Waals surface area contributed by atoms with Crippen LogP contribution in [0.3, 0.4) is 0 Å². The van der Waals surface area contributed by atoms with Crippen molar-refractivity contribution < 1.29 is 4.79 Å². The maximum Gasteiger partial charge on any atom is 0.276 e. The zero-order valence-corrected chi connectivity index (χ0v) is 12.4. The summed E-state index contributed by atoms with van der Waals surface area (Å²) in [6, 6.07) is 3.27. The molecule has 1 saturated heterocycles. The predicted molar refractivity (Wildman–Crippen MR) is 83.6 cm³/mol. The summed E-state index contributed by atoms with van der Waals surface area (Å²) in [5.74, 6) is 0.273. The number of hydrogen-bond acceptors (Lipinski definition) is 6. The third kappa shape index (κ3) is 2.18. The zero-order valence-electron chi connectivity index (χ0n) is 12.4. The number of hydrogen-bond donors (Lipinski definition) is 3. The maximum absolute atomic E-state index is 12.9. The van der Waals surface area contributed by atoms with E-state index in [9.17, 15) is 9.59 Å². The van der Waals surface area contributed by atoms with Crippen molar-refractivity contribution in [2.24, 2.45) is 0 Å². The molecule has 8 nitrogen and oxygen atoms in total. The Morgan fingerprint density at radius 1 is 1.26 bits per heavy atom. The second-order valence-corrected chi connectivity index (χ2v) is 5.75. The number of carbonyl (C=O) groups excluding carboxylic acids is 1.